The summed E-state index contributed by atoms with van der Waals surface area (Å²) in [6.45, 7) is 0. The van der Waals surface area contributed by atoms with E-state index in [9.17, 15) is 5.11 Å². The SMILES string of the molecule is OC(c1ccc(CCl)cn1)c1ccc2ccccc2n1. The lowest BCUT2D eigenvalue weighted by molar-refractivity contribution is 0.211. The molecule has 4 heteroatoms. The normalized spacial score (nSPS) is 12.5. The molecule has 0 amide bonds. The number of benzene rings is 1. The van der Waals surface area contributed by atoms with Crippen molar-refractivity contribution in [2.45, 2.75) is 12.0 Å². The molecule has 20 heavy (non-hydrogen) atoms. The van der Waals surface area contributed by atoms with Crippen LogP contribution in [-0.4, -0.2) is 15.1 Å². The van der Waals surface area contributed by atoms with Crippen molar-refractivity contribution in [2.75, 3.05) is 0 Å². The fraction of sp³-hybridized carbons (Fsp3) is 0.125. The van der Waals surface area contributed by atoms with Crippen LogP contribution in [0.4, 0.5) is 0 Å². The summed E-state index contributed by atoms with van der Waals surface area (Å²) >= 11 is 5.73. The van der Waals surface area contributed by atoms with Crippen LogP contribution < -0.4 is 0 Å². The van der Waals surface area contributed by atoms with E-state index >= 15 is 0 Å². The van der Waals surface area contributed by atoms with Crippen molar-refractivity contribution in [2.24, 2.45) is 0 Å². The van der Waals surface area contributed by atoms with E-state index in [-0.39, 0.29) is 0 Å². The minimum absolute atomic E-state index is 0.414. The average Bonchev–Trinajstić information content (AvgIpc) is 2.54. The summed E-state index contributed by atoms with van der Waals surface area (Å²) in [5, 5.41) is 11.4. The van der Waals surface area contributed by atoms with Crippen LogP contribution in [-0.2, 0) is 5.88 Å². The molecule has 3 rings (SSSR count). The molecule has 0 saturated heterocycles. The Balaban J connectivity index is 1.96. The molecule has 1 aromatic carbocycles. The van der Waals surface area contributed by atoms with Gasteiger partial charge < -0.3 is 5.11 Å². The maximum Gasteiger partial charge on any atom is 0.138 e. The third-order valence-electron chi connectivity index (χ3n) is 3.18. The van der Waals surface area contributed by atoms with E-state index in [2.05, 4.69) is 9.97 Å². The van der Waals surface area contributed by atoms with Crippen LogP contribution in [0.25, 0.3) is 10.9 Å². The molecular formula is C16H13ClN2O. The van der Waals surface area contributed by atoms with E-state index in [1.807, 2.05) is 42.5 Å². The third-order valence-corrected chi connectivity index (χ3v) is 3.49. The summed E-state index contributed by atoms with van der Waals surface area (Å²) in [5.41, 5.74) is 2.95. The van der Waals surface area contributed by atoms with Crippen LogP contribution in [0, 0.1) is 0 Å². The van der Waals surface area contributed by atoms with Gasteiger partial charge in [-0.15, -0.1) is 11.6 Å². The lowest BCUT2D eigenvalue weighted by Gasteiger charge is -2.10. The van der Waals surface area contributed by atoms with Gasteiger partial charge in [-0.05, 0) is 23.8 Å². The molecule has 0 fully saturated rings. The highest BCUT2D eigenvalue weighted by molar-refractivity contribution is 6.17. The second kappa shape index (κ2) is 5.57. The van der Waals surface area contributed by atoms with Crippen LogP contribution in [0.3, 0.4) is 0 Å². The zero-order valence-electron chi connectivity index (χ0n) is 10.7. The summed E-state index contributed by atoms with van der Waals surface area (Å²) in [6, 6.07) is 15.2. The first-order valence-electron chi connectivity index (χ1n) is 6.32. The van der Waals surface area contributed by atoms with E-state index in [1.54, 1.807) is 12.3 Å². The van der Waals surface area contributed by atoms with E-state index < -0.39 is 6.10 Å². The fourth-order valence-electron chi connectivity index (χ4n) is 2.06. The van der Waals surface area contributed by atoms with Crippen molar-refractivity contribution in [1.82, 2.24) is 9.97 Å². The Morgan fingerprint density at radius 3 is 2.55 bits per heavy atom. The van der Waals surface area contributed by atoms with Gasteiger partial charge in [0.25, 0.3) is 0 Å². The largest absolute Gasteiger partial charge is 0.380 e. The maximum atomic E-state index is 10.4. The number of aliphatic hydroxyl groups excluding tert-OH is 1. The van der Waals surface area contributed by atoms with Gasteiger partial charge in [-0.3, -0.25) is 4.98 Å². The summed E-state index contributed by atoms with van der Waals surface area (Å²) in [5.74, 6) is 0.414. The minimum Gasteiger partial charge on any atom is -0.380 e. The monoisotopic (exact) mass is 284 g/mol. The Morgan fingerprint density at radius 1 is 1.00 bits per heavy atom. The van der Waals surface area contributed by atoms with Gasteiger partial charge in [-0.25, -0.2) is 4.98 Å². The van der Waals surface area contributed by atoms with Crippen LogP contribution in [0.2, 0.25) is 0 Å². The van der Waals surface area contributed by atoms with Crippen molar-refractivity contribution < 1.29 is 5.11 Å². The number of hydrogen-bond acceptors (Lipinski definition) is 3. The molecule has 2 heterocycles. The van der Waals surface area contributed by atoms with E-state index in [1.165, 1.54) is 0 Å². The van der Waals surface area contributed by atoms with E-state index in [4.69, 9.17) is 11.6 Å². The van der Waals surface area contributed by atoms with Gasteiger partial charge in [-0.1, -0.05) is 30.3 Å². The number of rotatable bonds is 3. The van der Waals surface area contributed by atoms with Gasteiger partial charge in [0.2, 0.25) is 0 Å². The number of fused-ring (bicyclic) bond motifs is 1. The Hall–Kier alpha value is -1.97. The number of hydrogen-bond donors (Lipinski definition) is 1. The molecule has 0 aliphatic heterocycles. The quantitative estimate of drug-likeness (QED) is 0.749. The highest BCUT2D eigenvalue weighted by Gasteiger charge is 2.13. The molecule has 100 valence electrons. The molecule has 1 atom stereocenters. The molecule has 1 unspecified atom stereocenters. The third kappa shape index (κ3) is 2.50. The summed E-state index contributed by atoms with van der Waals surface area (Å²) in [4.78, 5) is 8.71. The number of nitrogens with zero attached hydrogens (tertiary/aromatic N) is 2. The highest BCUT2D eigenvalue weighted by Crippen LogP contribution is 2.21. The molecular weight excluding hydrogens is 272 g/mol. The molecule has 0 spiro atoms. The smallest absolute Gasteiger partial charge is 0.138 e. The number of halogens is 1. The molecule has 0 bridgehead atoms. The first-order valence-corrected chi connectivity index (χ1v) is 6.86. The Bertz CT molecular complexity index is 728. The second-order valence-electron chi connectivity index (χ2n) is 4.56. The predicted molar refractivity (Wildman–Crippen MR) is 79.6 cm³/mol. The molecule has 0 aliphatic rings. The highest BCUT2D eigenvalue weighted by atomic mass is 35.5. The van der Waals surface area contributed by atoms with Gasteiger partial charge in [0.05, 0.1) is 16.9 Å². The summed E-state index contributed by atoms with van der Waals surface area (Å²) < 4.78 is 0. The number of pyridine rings is 2. The van der Waals surface area contributed by atoms with Gasteiger partial charge in [0.1, 0.15) is 6.10 Å². The summed E-state index contributed by atoms with van der Waals surface area (Å²) in [6.07, 6.45) is 0.844. The zero-order chi connectivity index (χ0) is 13.9. The van der Waals surface area contributed by atoms with Crippen molar-refractivity contribution in [3.63, 3.8) is 0 Å². The molecule has 3 nitrogen and oxygen atoms in total. The molecule has 0 aliphatic carbocycles. The molecule has 3 aromatic rings. The number of para-hydroxylation sites is 1. The van der Waals surface area contributed by atoms with Crippen LogP contribution >= 0.6 is 11.6 Å². The zero-order valence-corrected chi connectivity index (χ0v) is 11.5. The Morgan fingerprint density at radius 2 is 1.80 bits per heavy atom. The molecule has 1 N–H and O–H groups in total. The second-order valence-corrected chi connectivity index (χ2v) is 4.82. The standard InChI is InChI=1S/C16H13ClN2O/c17-9-11-5-7-14(18-10-11)16(20)15-8-6-12-3-1-2-4-13(12)19-15/h1-8,10,16,20H,9H2. The van der Waals surface area contributed by atoms with E-state index in [0.717, 1.165) is 16.5 Å². The van der Waals surface area contributed by atoms with Crippen molar-refractivity contribution >= 4 is 22.5 Å². The molecule has 2 aromatic heterocycles. The molecule has 0 radical (unpaired) electrons. The minimum atomic E-state index is -0.830. The van der Waals surface area contributed by atoms with Gasteiger partial charge in [-0.2, -0.15) is 0 Å². The Labute approximate surface area is 121 Å². The predicted octanol–water partition coefficient (Wildman–Crippen LogP) is 3.45. The van der Waals surface area contributed by atoms with E-state index in [0.29, 0.717) is 17.3 Å². The number of aliphatic hydroxyl groups is 1. The average molecular weight is 285 g/mol. The first kappa shape index (κ1) is 13.0. The van der Waals surface area contributed by atoms with Crippen molar-refractivity contribution in [1.29, 1.82) is 0 Å². The number of alkyl halides is 1. The van der Waals surface area contributed by atoms with Crippen LogP contribution in [0.1, 0.15) is 23.1 Å². The van der Waals surface area contributed by atoms with Crippen molar-refractivity contribution in [3.8, 4) is 0 Å². The topological polar surface area (TPSA) is 46.0 Å². The summed E-state index contributed by atoms with van der Waals surface area (Å²) in [7, 11) is 0. The van der Waals surface area contributed by atoms with Crippen LogP contribution in [0.5, 0.6) is 0 Å². The van der Waals surface area contributed by atoms with Gasteiger partial charge in [0, 0.05) is 17.5 Å². The maximum absolute atomic E-state index is 10.4. The number of aromatic nitrogens is 2. The van der Waals surface area contributed by atoms with Gasteiger partial charge in [0.15, 0.2) is 0 Å². The van der Waals surface area contributed by atoms with Crippen LogP contribution in [0.15, 0.2) is 54.7 Å². The van der Waals surface area contributed by atoms with Gasteiger partial charge >= 0.3 is 0 Å². The molecule has 0 saturated carbocycles. The lowest BCUT2D eigenvalue weighted by atomic mass is 10.1. The lowest BCUT2D eigenvalue weighted by Crippen LogP contribution is -2.04. The van der Waals surface area contributed by atoms with Crippen molar-refractivity contribution in [3.05, 3.63) is 71.7 Å². The fourth-order valence-corrected chi connectivity index (χ4v) is 2.22. The Kier molecular flexibility index (Phi) is 3.63. The first-order chi connectivity index (χ1) is 9.78.